The van der Waals surface area contributed by atoms with Crippen LogP contribution < -0.4 is 0 Å². The van der Waals surface area contributed by atoms with Gasteiger partial charge in [-0.15, -0.1) is 6.58 Å². The van der Waals surface area contributed by atoms with E-state index >= 15 is 0 Å². The molecular weight excluding hydrogens is 131 g/mol. The zero-order valence-electron chi connectivity index (χ0n) is 2.94. The molecule has 0 aromatic rings. The van der Waals surface area contributed by atoms with E-state index in [4.69, 9.17) is 5.11 Å². The maximum absolute atomic E-state index is 7.76. The van der Waals surface area contributed by atoms with Gasteiger partial charge in [0.05, 0.1) is 6.61 Å². The first kappa shape index (κ1) is 8.97. The van der Waals surface area contributed by atoms with E-state index < -0.39 is 0 Å². The summed E-state index contributed by atoms with van der Waals surface area (Å²) in [5.74, 6) is 0. The van der Waals surface area contributed by atoms with Crippen molar-refractivity contribution >= 4 is 17.1 Å². The number of hydrogen-bond donors (Lipinski definition) is 1. The summed E-state index contributed by atoms with van der Waals surface area (Å²) in [6.45, 7) is 3.31. The van der Waals surface area contributed by atoms with Crippen LogP contribution in [0.3, 0.4) is 0 Å². The van der Waals surface area contributed by atoms with E-state index in [0.717, 1.165) is 0 Å². The summed E-state index contributed by atoms with van der Waals surface area (Å²) in [5.41, 5.74) is 0. The van der Waals surface area contributed by atoms with Gasteiger partial charge < -0.3 is 5.11 Å². The van der Waals surface area contributed by atoms with E-state index in [1.807, 2.05) is 0 Å². The van der Waals surface area contributed by atoms with E-state index in [1.165, 1.54) is 6.08 Å². The van der Waals surface area contributed by atoms with Gasteiger partial charge in [0, 0.05) is 0 Å². The first-order valence-electron chi connectivity index (χ1n) is 1.13. The van der Waals surface area contributed by atoms with Gasteiger partial charge in [0.1, 0.15) is 0 Å². The Labute approximate surface area is 42.2 Å². The maximum atomic E-state index is 7.76. The fourth-order valence-electron chi connectivity index (χ4n) is 0. The Morgan fingerprint density at radius 2 is 2.00 bits per heavy atom. The van der Waals surface area contributed by atoms with Gasteiger partial charge in [-0.1, -0.05) is 6.08 Å². The standard InChI is InChI=1S/C3H6O.H2Se/c1-2-3-4;/h2,4H,1,3H2;1H2. The summed E-state index contributed by atoms with van der Waals surface area (Å²) in [6.07, 6.45) is 1.43. The van der Waals surface area contributed by atoms with Crippen LogP contribution in [0, 0.1) is 0 Å². The summed E-state index contributed by atoms with van der Waals surface area (Å²) < 4.78 is 0. The Morgan fingerprint density at radius 1 is 1.80 bits per heavy atom. The number of hydrogen-bond acceptors (Lipinski definition) is 1. The van der Waals surface area contributed by atoms with Crippen molar-refractivity contribution in [3.63, 3.8) is 0 Å². The normalized spacial score (nSPS) is 5.00. The predicted octanol–water partition coefficient (Wildman–Crippen LogP) is -0.752. The summed E-state index contributed by atoms with van der Waals surface area (Å²) >= 11 is 0. The van der Waals surface area contributed by atoms with Gasteiger partial charge in [0.15, 0.2) is 0 Å². The molecule has 0 aliphatic carbocycles. The van der Waals surface area contributed by atoms with Crippen molar-refractivity contribution < 1.29 is 5.11 Å². The molecule has 0 radical (unpaired) electrons. The molecule has 5 heavy (non-hydrogen) atoms. The number of rotatable bonds is 1. The summed E-state index contributed by atoms with van der Waals surface area (Å²) in [4.78, 5) is 0. The van der Waals surface area contributed by atoms with Gasteiger partial charge in [-0.2, -0.15) is 0 Å². The molecule has 0 aromatic carbocycles. The Bertz CT molecular complexity index is 20.9. The minimum absolute atomic E-state index is 0. The molecule has 0 saturated carbocycles. The third kappa shape index (κ3) is 14.0. The van der Waals surface area contributed by atoms with Crippen molar-refractivity contribution in [2.24, 2.45) is 0 Å². The Balaban J connectivity index is 0. The molecule has 0 aromatic heterocycles. The van der Waals surface area contributed by atoms with Gasteiger partial charge in [-0.05, 0) is 0 Å². The molecule has 0 rings (SSSR count). The molecule has 2 heteroatoms. The average molecular weight is 139 g/mol. The fourth-order valence-corrected chi connectivity index (χ4v) is 0. The minimum atomic E-state index is 0. The van der Waals surface area contributed by atoms with Crippen molar-refractivity contribution in [1.29, 1.82) is 0 Å². The Kier molecular flexibility index (Phi) is 15.9. The monoisotopic (exact) mass is 140 g/mol. The van der Waals surface area contributed by atoms with Crippen LogP contribution in [0.2, 0.25) is 0 Å². The molecule has 0 spiro atoms. The molecule has 0 bridgehead atoms. The SMILES string of the molecule is C=CCO.[SeH2]. The molecule has 0 aliphatic rings. The number of aliphatic hydroxyl groups excluding tert-OH is 1. The van der Waals surface area contributed by atoms with E-state index in [9.17, 15) is 0 Å². The second kappa shape index (κ2) is 8.88. The van der Waals surface area contributed by atoms with Crippen molar-refractivity contribution in [2.45, 2.75) is 0 Å². The Morgan fingerprint density at radius 3 is 2.00 bits per heavy atom. The van der Waals surface area contributed by atoms with E-state index in [2.05, 4.69) is 6.58 Å². The van der Waals surface area contributed by atoms with Gasteiger partial charge in [-0.3, -0.25) is 0 Å². The quantitative estimate of drug-likeness (QED) is 0.374. The summed E-state index contributed by atoms with van der Waals surface area (Å²) in [6, 6.07) is 0. The molecule has 0 fully saturated rings. The van der Waals surface area contributed by atoms with Gasteiger partial charge in [-0.25, -0.2) is 0 Å². The first-order valence-corrected chi connectivity index (χ1v) is 1.13. The second-order valence-electron chi connectivity index (χ2n) is 0.471. The van der Waals surface area contributed by atoms with Gasteiger partial charge in [0.2, 0.25) is 0 Å². The van der Waals surface area contributed by atoms with Crippen LogP contribution in [0.1, 0.15) is 0 Å². The topological polar surface area (TPSA) is 20.2 Å². The molecule has 0 atom stereocenters. The van der Waals surface area contributed by atoms with E-state index in [-0.39, 0.29) is 23.7 Å². The first-order chi connectivity index (χ1) is 1.91. The summed E-state index contributed by atoms with van der Waals surface area (Å²) in [5, 5.41) is 7.76. The Hall–Kier alpha value is 0.219. The molecule has 32 valence electrons. The predicted molar refractivity (Wildman–Crippen MR) is 25.8 cm³/mol. The third-order valence-electron chi connectivity index (χ3n) is 0.129. The molecule has 0 heterocycles. The zero-order valence-corrected chi connectivity index (χ0v) is 5.04. The third-order valence-corrected chi connectivity index (χ3v) is 0.129. The summed E-state index contributed by atoms with van der Waals surface area (Å²) in [7, 11) is 0. The van der Waals surface area contributed by atoms with Crippen molar-refractivity contribution in [3.8, 4) is 0 Å². The van der Waals surface area contributed by atoms with Crippen LogP contribution in [-0.4, -0.2) is 28.8 Å². The van der Waals surface area contributed by atoms with Crippen LogP contribution in [0.4, 0.5) is 0 Å². The van der Waals surface area contributed by atoms with Gasteiger partial charge in [0.25, 0.3) is 0 Å². The van der Waals surface area contributed by atoms with Crippen molar-refractivity contribution in [1.82, 2.24) is 0 Å². The fraction of sp³-hybridized carbons (Fsp3) is 0.333. The van der Waals surface area contributed by atoms with Crippen LogP contribution in [0.15, 0.2) is 12.7 Å². The molecule has 1 N–H and O–H groups in total. The van der Waals surface area contributed by atoms with E-state index in [0.29, 0.717) is 0 Å². The number of aliphatic hydroxyl groups is 1. The second-order valence-corrected chi connectivity index (χ2v) is 0.471. The van der Waals surface area contributed by atoms with E-state index in [1.54, 1.807) is 0 Å². The molecule has 0 saturated heterocycles. The molecule has 0 aliphatic heterocycles. The average Bonchev–Trinajstić information content (AvgIpc) is 1.37. The van der Waals surface area contributed by atoms with Crippen LogP contribution in [0.5, 0.6) is 0 Å². The van der Waals surface area contributed by atoms with Crippen LogP contribution >= 0.6 is 0 Å². The molecule has 0 amide bonds. The van der Waals surface area contributed by atoms with Crippen molar-refractivity contribution in [2.75, 3.05) is 6.61 Å². The zero-order chi connectivity index (χ0) is 3.41. The van der Waals surface area contributed by atoms with Crippen molar-refractivity contribution in [3.05, 3.63) is 12.7 Å². The van der Waals surface area contributed by atoms with Gasteiger partial charge >= 0.3 is 17.1 Å². The van der Waals surface area contributed by atoms with Crippen LogP contribution in [-0.2, 0) is 0 Å². The molecular formula is C3H8OSe. The molecule has 0 unspecified atom stereocenters. The van der Waals surface area contributed by atoms with Crippen LogP contribution in [0.25, 0.3) is 0 Å². The molecule has 1 nitrogen and oxygen atoms in total.